The molecule has 1 aliphatic rings. The molecule has 2 rings (SSSR count). The maximum atomic E-state index is 12.3. The Labute approximate surface area is 113 Å². The molecule has 0 bridgehead atoms. The van der Waals surface area contributed by atoms with Crippen molar-refractivity contribution in [2.45, 2.75) is 25.7 Å². The maximum Gasteiger partial charge on any atom is 0.336 e. The Morgan fingerprint density at radius 3 is 2.37 bits per heavy atom. The molecule has 0 spiro atoms. The molecule has 0 saturated heterocycles. The minimum absolute atomic E-state index is 0.0748. The van der Waals surface area contributed by atoms with Gasteiger partial charge in [0.1, 0.15) is 0 Å². The molecule has 1 aromatic carbocycles. The van der Waals surface area contributed by atoms with Crippen LogP contribution in [0.25, 0.3) is 0 Å². The van der Waals surface area contributed by atoms with Gasteiger partial charge in [0.2, 0.25) is 0 Å². The Bertz CT molecular complexity index is 478. The number of carboxylic acid groups (broad SMARTS) is 1. The van der Waals surface area contributed by atoms with Crippen LogP contribution in [-0.4, -0.2) is 35.5 Å². The molecular weight excluding hydrogens is 242 g/mol. The first kappa shape index (κ1) is 13.6. The normalized spacial score (nSPS) is 15.4. The standard InChI is InChI=1S/C15H19NO3/c1-16(10-11-6-2-3-7-11)14(17)12-8-4-5-9-13(12)15(18)19/h4-5,8-9,11H,2-3,6-7,10H2,1H3,(H,18,19). The van der Waals surface area contributed by atoms with E-state index in [1.165, 1.54) is 18.9 Å². The number of carboxylic acids is 1. The van der Waals surface area contributed by atoms with Gasteiger partial charge in [-0.05, 0) is 30.9 Å². The molecule has 0 aromatic heterocycles. The lowest BCUT2D eigenvalue weighted by Gasteiger charge is -2.21. The number of rotatable bonds is 4. The van der Waals surface area contributed by atoms with Gasteiger partial charge in [0.25, 0.3) is 5.91 Å². The van der Waals surface area contributed by atoms with Crippen LogP contribution in [0.5, 0.6) is 0 Å². The van der Waals surface area contributed by atoms with Crippen LogP contribution in [0.15, 0.2) is 24.3 Å². The molecule has 1 aliphatic carbocycles. The minimum atomic E-state index is -1.06. The number of amides is 1. The fourth-order valence-corrected chi connectivity index (χ4v) is 2.72. The molecule has 102 valence electrons. The van der Waals surface area contributed by atoms with Crippen molar-refractivity contribution < 1.29 is 14.7 Å². The summed E-state index contributed by atoms with van der Waals surface area (Å²) in [4.78, 5) is 25.1. The van der Waals surface area contributed by atoms with Crippen LogP contribution in [0.3, 0.4) is 0 Å². The summed E-state index contributed by atoms with van der Waals surface area (Å²) in [6.45, 7) is 0.715. The summed E-state index contributed by atoms with van der Waals surface area (Å²) in [5.74, 6) is -0.700. The molecule has 1 fully saturated rings. The van der Waals surface area contributed by atoms with Crippen molar-refractivity contribution in [1.29, 1.82) is 0 Å². The monoisotopic (exact) mass is 261 g/mol. The van der Waals surface area contributed by atoms with E-state index in [0.29, 0.717) is 12.5 Å². The Hall–Kier alpha value is -1.84. The molecule has 4 heteroatoms. The first-order valence-electron chi connectivity index (χ1n) is 6.67. The van der Waals surface area contributed by atoms with Crippen molar-refractivity contribution in [2.75, 3.05) is 13.6 Å². The largest absolute Gasteiger partial charge is 0.478 e. The van der Waals surface area contributed by atoms with Crippen LogP contribution < -0.4 is 0 Å². The Balaban J connectivity index is 2.12. The molecular formula is C15H19NO3. The molecule has 0 atom stereocenters. The first-order valence-corrected chi connectivity index (χ1v) is 6.67. The van der Waals surface area contributed by atoms with E-state index in [-0.39, 0.29) is 17.0 Å². The summed E-state index contributed by atoms with van der Waals surface area (Å²) in [6, 6.07) is 6.39. The van der Waals surface area contributed by atoms with Crippen molar-refractivity contribution in [3.05, 3.63) is 35.4 Å². The van der Waals surface area contributed by atoms with E-state index in [9.17, 15) is 9.59 Å². The summed E-state index contributed by atoms with van der Waals surface area (Å²) in [6.07, 6.45) is 4.80. The highest BCUT2D eigenvalue weighted by molar-refractivity contribution is 6.04. The maximum absolute atomic E-state index is 12.3. The Morgan fingerprint density at radius 1 is 1.21 bits per heavy atom. The third kappa shape index (κ3) is 3.13. The minimum Gasteiger partial charge on any atom is -0.478 e. The highest BCUT2D eigenvalue weighted by Gasteiger charge is 2.23. The van der Waals surface area contributed by atoms with Gasteiger partial charge in [0.15, 0.2) is 0 Å². The van der Waals surface area contributed by atoms with Gasteiger partial charge in [-0.1, -0.05) is 25.0 Å². The van der Waals surface area contributed by atoms with Crippen LogP contribution in [0.4, 0.5) is 0 Å². The van der Waals surface area contributed by atoms with E-state index in [2.05, 4.69) is 0 Å². The summed E-state index contributed by atoms with van der Waals surface area (Å²) < 4.78 is 0. The number of carbonyl (C=O) groups is 2. The quantitative estimate of drug-likeness (QED) is 0.906. The van der Waals surface area contributed by atoms with Gasteiger partial charge >= 0.3 is 5.97 Å². The molecule has 4 nitrogen and oxygen atoms in total. The van der Waals surface area contributed by atoms with Crippen LogP contribution >= 0.6 is 0 Å². The van der Waals surface area contributed by atoms with E-state index in [4.69, 9.17) is 5.11 Å². The highest BCUT2D eigenvalue weighted by atomic mass is 16.4. The van der Waals surface area contributed by atoms with Gasteiger partial charge in [-0.3, -0.25) is 4.79 Å². The van der Waals surface area contributed by atoms with Gasteiger partial charge in [0, 0.05) is 13.6 Å². The third-order valence-electron chi connectivity index (χ3n) is 3.74. The molecule has 1 N–H and O–H groups in total. The number of carbonyl (C=O) groups excluding carboxylic acids is 1. The van der Waals surface area contributed by atoms with Gasteiger partial charge in [-0.15, -0.1) is 0 Å². The second-order valence-electron chi connectivity index (χ2n) is 5.19. The summed E-state index contributed by atoms with van der Waals surface area (Å²) >= 11 is 0. The highest BCUT2D eigenvalue weighted by Crippen LogP contribution is 2.25. The fraction of sp³-hybridized carbons (Fsp3) is 0.467. The van der Waals surface area contributed by atoms with Crippen LogP contribution in [0.1, 0.15) is 46.4 Å². The third-order valence-corrected chi connectivity index (χ3v) is 3.74. The predicted octanol–water partition coefficient (Wildman–Crippen LogP) is 2.65. The zero-order valence-electron chi connectivity index (χ0n) is 11.1. The van der Waals surface area contributed by atoms with Gasteiger partial charge < -0.3 is 10.0 Å². The SMILES string of the molecule is CN(CC1CCCC1)C(=O)c1ccccc1C(=O)O. The average molecular weight is 261 g/mol. The molecule has 1 amide bonds. The average Bonchev–Trinajstić information content (AvgIpc) is 2.90. The van der Waals surface area contributed by atoms with E-state index in [0.717, 1.165) is 12.8 Å². The zero-order chi connectivity index (χ0) is 13.8. The second-order valence-corrected chi connectivity index (χ2v) is 5.19. The summed E-state index contributed by atoms with van der Waals surface area (Å²) in [5.41, 5.74) is 0.348. The molecule has 19 heavy (non-hydrogen) atoms. The molecule has 0 radical (unpaired) electrons. The van der Waals surface area contributed by atoms with Crippen molar-refractivity contribution in [3.63, 3.8) is 0 Å². The van der Waals surface area contributed by atoms with Crippen molar-refractivity contribution in [3.8, 4) is 0 Å². The smallest absolute Gasteiger partial charge is 0.336 e. The number of benzene rings is 1. The summed E-state index contributed by atoms with van der Waals surface area (Å²) in [5, 5.41) is 9.11. The Morgan fingerprint density at radius 2 is 1.79 bits per heavy atom. The van der Waals surface area contributed by atoms with Crippen LogP contribution in [-0.2, 0) is 0 Å². The number of hydrogen-bond donors (Lipinski definition) is 1. The fourth-order valence-electron chi connectivity index (χ4n) is 2.72. The number of nitrogens with zero attached hydrogens (tertiary/aromatic N) is 1. The zero-order valence-corrected chi connectivity index (χ0v) is 11.1. The lowest BCUT2D eigenvalue weighted by atomic mass is 10.0. The lowest BCUT2D eigenvalue weighted by molar-refractivity contribution is 0.0678. The van der Waals surface area contributed by atoms with Gasteiger partial charge in [-0.25, -0.2) is 4.79 Å². The van der Waals surface area contributed by atoms with Gasteiger partial charge in [-0.2, -0.15) is 0 Å². The first-order chi connectivity index (χ1) is 9.09. The van der Waals surface area contributed by atoms with Crippen LogP contribution in [0, 0.1) is 5.92 Å². The lowest BCUT2D eigenvalue weighted by Crippen LogP contribution is -2.32. The van der Waals surface area contributed by atoms with E-state index in [1.807, 2.05) is 0 Å². The predicted molar refractivity (Wildman–Crippen MR) is 72.3 cm³/mol. The molecule has 1 aromatic rings. The van der Waals surface area contributed by atoms with E-state index < -0.39 is 5.97 Å². The van der Waals surface area contributed by atoms with Crippen molar-refractivity contribution in [2.24, 2.45) is 5.92 Å². The topological polar surface area (TPSA) is 57.6 Å². The molecule has 1 saturated carbocycles. The number of hydrogen-bond acceptors (Lipinski definition) is 2. The van der Waals surface area contributed by atoms with Crippen LogP contribution in [0.2, 0.25) is 0 Å². The molecule has 0 heterocycles. The van der Waals surface area contributed by atoms with Gasteiger partial charge in [0.05, 0.1) is 11.1 Å². The molecule has 0 unspecified atom stereocenters. The molecule has 0 aliphatic heterocycles. The van der Waals surface area contributed by atoms with E-state index in [1.54, 1.807) is 30.1 Å². The van der Waals surface area contributed by atoms with Crippen molar-refractivity contribution >= 4 is 11.9 Å². The Kier molecular flexibility index (Phi) is 4.20. The second kappa shape index (κ2) is 5.87. The number of aromatic carboxylic acids is 1. The summed E-state index contributed by atoms with van der Waals surface area (Å²) in [7, 11) is 1.75. The van der Waals surface area contributed by atoms with E-state index >= 15 is 0 Å². The van der Waals surface area contributed by atoms with Crippen molar-refractivity contribution in [1.82, 2.24) is 4.90 Å².